The summed E-state index contributed by atoms with van der Waals surface area (Å²) >= 11 is 5.62. The van der Waals surface area contributed by atoms with Crippen LogP contribution in [0.4, 0.5) is 4.79 Å². The lowest BCUT2D eigenvalue weighted by Crippen LogP contribution is -2.37. The lowest BCUT2D eigenvalue weighted by molar-refractivity contribution is 0.238. The van der Waals surface area contributed by atoms with Crippen LogP contribution in [0.5, 0.6) is 0 Å². The van der Waals surface area contributed by atoms with Gasteiger partial charge >= 0.3 is 6.03 Å². The molecular formula is C12H17ClN4O. The zero-order chi connectivity index (χ0) is 13.0. The van der Waals surface area contributed by atoms with Crippen molar-refractivity contribution in [2.45, 2.75) is 26.3 Å². The monoisotopic (exact) mass is 268 g/mol. The zero-order valence-corrected chi connectivity index (χ0v) is 11.1. The van der Waals surface area contributed by atoms with Crippen LogP contribution < -0.4 is 10.6 Å². The molecule has 1 fully saturated rings. The maximum atomic E-state index is 11.5. The SMILES string of the molecule is CC(CNC(=O)NCc1cnc(Cl)cn1)C1CC1. The van der Waals surface area contributed by atoms with Crippen molar-refractivity contribution in [3.63, 3.8) is 0 Å². The fraction of sp³-hybridized carbons (Fsp3) is 0.583. The van der Waals surface area contributed by atoms with Crippen LogP contribution >= 0.6 is 11.6 Å². The Morgan fingerprint density at radius 3 is 2.83 bits per heavy atom. The predicted octanol–water partition coefficient (Wildman–Crippen LogP) is 1.98. The van der Waals surface area contributed by atoms with Crippen molar-refractivity contribution >= 4 is 17.6 Å². The van der Waals surface area contributed by atoms with E-state index in [4.69, 9.17) is 11.6 Å². The number of nitrogens with one attached hydrogen (secondary N) is 2. The summed E-state index contributed by atoms with van der Waals surface area (Å²) in [6.45, 7) is 3.25. The molecule has 98 valence electrons. The highest BCUT2D eigenvalue weighted by Gasteiger charge is 2.27. The van der Waals surface area contributed by atoms with Gasteiger partial charge in [0.1, 0.15) is 5.15 Å². The topological polar surface area (TPSA) is 66.9 Å². The number of rotatable bonds is 5. The number of urea groups is 1. The first-order valence-electron chi connectivity index (χ1n) is 6.13. The van der Waals surface area contributed by atoms with Crippen LogP contribution in [0.25, 0.3) is 0 Å². The van der Waals surface area contributed by atoms with Crippen molar-refractivity contribution < 1.29 is 4.79 Å². The van der Waals surface area contributed by atoms with E-state index in [1.807, 2.05) is 0 Å². The maximum Gasteiger partial charge on any atom is 0.315 e. The maximum absolute atomic E-state index is 11.5. The van der Waals surface area contributed by atoms with Crippen molar-refractivity contribution in [3.8, 4) is 0 Å². The largest absolute Gasteiger partial charge is 0.338 e. The van der Waals surface area contributed by atoms with Gasteiger partial charge in [-0.3, -0.25) is 4.98 Å². The molecule has 1 aromatic rings. The third kappa shape index (κ3) is 4.14. The summed E-state index contributed by atoms with van der Waals surface area (Å²) in [6, 6.07) is -0.167. The molecule has 0 bridgehead atoms. The quantitative estimate of drug-likeness (QED) is 0.858. The smallest absolute Gasteiger partial charge is 0.315 e. The second kappa shape index (κ2) is 6.00. The normalized spacial score (nSPS) is 16.1. The average molecular weight is 269 g/mol. The molecule has 1 unspecified atom stereocenters. The number of carbonyl (C=O) groups excluding carboxylic acids is 1. The molecule has 0 radical (unpaired) electrons. The van der Waals surface area contributed by atoms with Gasteiger partial charge in [0.25, 0.3) is 0 Å². The first-order chi connectivity index (χ1) is 8.65. The molecule has 0 aliphatic heterocycles. The predicted molar refractivity (Wildman–Crippen MR) is 69.2 cm³/mol. The Hall–Kier alpha value is -1.36. The van der Waals surface area contributed by atoms with E-state index in [2.05, 4.69) is 27.5 Å². The number of amides is 2. The highest BCUT2D eigenvalue weighted by molar-refractivity contribution is 6.29. The molecule has 18 heavy (non-hydrogen) atoms. The van der Waals surface area contributed by atoms with Crippen LogP contribution in [-0.4, -0.2) is 22.5 Å². The first-order valence-corrected chi connectivity index (χ1v) is 6.51. The summed E-state index contributed by atoms with van der Waals surface area (Å²) in [5.74, 6) is 1.36. The van der Waals surface area contributed by atoms with E-state index < -0.39 is 0 Å². The Labute approximate surface area is 111 Å². The number of hydrogen-bond acceptors (Lipinski definition) is 3. The molecule has 1 heterocycles. The average Bonchev–Trinajstić information content (AvgIpc) is 3.19. The number of aromatic nitrogens is 2. The minimum Gasteiger partial charge on any atom is -0.338 e. The van der Waals surface area contributed by atoms with Gasteiger partial charge in [-0.2, -0.15) is 0 Å². The van der Waals surface area contributed by atoms with Crippen molar-refractivity contribution in [1.82, 2.24) is 20.6 Å². The molecule has 1 atom stereocenters. The van der Waals surface area contributed by atoms with Crippen LogP contribution in [0.1, 0.15) is 25.5 Å². The minimum absolute atomic E-state index is 0.167. The zero-order valence-electron chi connectivity index (χ0n) is 10.3. The van der Waals surface area contributed by atoms with Gasteiger partial charge in [-0.05, 0) is 24.7 Å². The van der Waals surface area contributed by atoms with Crippen molar-refractivity contribution in [2.24, 2.45) is 11.8 Å². The van der Waals surface area contributed by atoms with Crippen molar-refractivity contribution in [1.29, 1.82) is 0 Å². The molecule has 2 rings (SSSR count). The molecule has 1 aliphatic carbocycles. The molecule has 2 N–H and O–H groups in total. The Morgan fingerprint density at radius 2 is 2.22 bits per heavy atom. The summed E-state index contributed by atoms with van der Waals surface area (Å²) in [5, 5.41) is 5.95. The van der Waals surface area contributed by atoms with E-state index in [9.17, 15) is 4.79 Å². The minimum atomic E-state index is -0.167. The summed E-state index contributed by atoms with van der Waals surface area (Å²) in [7, 11) is 0. The third-order valence-corrected chi connectivity index (χ3v) is 3.31. The van der Waals surface area contributed by atoms with E-state index in [-0.39, 0.29) is 6.03 Å². The third-order valence-electron chi connectivity index (χ3n) is 3.12. The van der Waals surface area contributed by atoms with Gasteiger partial charge in [-0.15, -0.1) is 0 Å². The standard InChI is InChI=1S/C12H17ClN4O/c1-8(9-2-3-9)4-16-12(18)17-6-10-5-15-11(13)7-14-10/h5,7-9H,2-4,6H2,1H3,(H2,16,17,18). The van der Waals surface area contributed by atoms with E-state index >= 15 is 0 Å². The summed E-state index contributed by atoms with van der Waals surface area (Å²) in [5.41, 5.74) is 0.685. The van der Waals surface area contributed by atoms with Crippen molar-refractivity contribution in [3.05, 3.63) is 23.2 Å². The molecule has 5 nitrogen and oxygen atoms in total. The lowest BCUT2D eigenvalue weighted by atomic mass is 10.1. The number of halogens is 1. The molecule has 0 saturated heterocycles. The summed E-state index contributed by atoms with van der Waals surface area (Å²) < 4.78 is 0. The molecule has 1 saturated carbocycles. The Balaban J connectivity index is 1.66. The summed E-state index contributed by atoms with van der Waals surface area (Å²) in [6.07, 6.45) is 5.61. The molecule has 1 aliphatic rings. The van der Waals surface area contributed by atoms with Gasteiger partial charge in [-0.25, -0.2) is 9.78 Å². The fourth-order valence-electron chi connectivity index (χ4n) is 1.75. The van der Waals surface area contributed by atoms with Gasteiger partial charge in [0.05, 0.1) is 24.6 Å². The number of nitrogens with zero attached hydrogens (tertiary/aromatic N) is 2. The fourth-order valence-corrected chi connectivity index (χ4v) is 1.85. The van der Waals surface area contributed by atoms with Crippen LogP contribution in [0, 0.1) is 11.8 Å². The molecule has 1 aromatic heterocycles. The lowest BCUT2D eigenvalue weighted by Gasteiger charge is -2.12. The Morgan fingerprint density at radius 1 is 1.44 bits per heavy atom. The Kier molecular flexibility index (Phi) is 4.36. The van der Waals surface area contributed by atoms with Gasteiger partial charge in [0, 0.05) is 6.54 Å². The van der Waals surface area contributed by atoms with Crippen molar-refractivity contribution in [2.75, 3.05) is 6.54 Å². The summed E-state index contributed by atoms with van der Waals surface area (Å²) in [4.78, 5) is 19.5. The van der Waals surface area contributed by atoms with Gasteiger partial charge in [-0.1, -0.05) is 18.5 Å². The van der Waals surface area contributed by atoms with E-state index in [1.54, 1.807) is 6.20 Å². The number of carbonyl (C=O) groups is 1. The number of hydrogen-bond donors (Lipinski definition) is 2. The molecule has 0 spiro atoms. The van der Waals surface area contributed by atoms with Crippen LogP contribution in [0.15, 0.2) is 12.4 Å². The van der Waals surface area contributed by atoms with Crippen LogP contribution in [-0.2, 0) is 6.54 Å². The highest BCUT2D eigenvalue weighted by atomic mass is 35.5. The molecular weight excluding hydrogens is 252 g/mol. The van der Waals surface area contributed by atoms with E-state index in [0.29, 0.717) is 23.3 Å². The van der Waals surface area contributed by atoms with Gasteiger partial charge in [0.2, 0.25) is 0 Å². The van der Waals surface area contributed by atoms with E-state index in [0.717, 1.165) is 12.5 Å². The molecule has 0 aromatic carbocycles. The van der Waals surface area contributed by atoms with Crippen LogP contribution in [0.3, 0.4) is 0 Å². The highest BCUT2D eigenvalue weighted by Crippen LogP contribution is 2.35. The van der Waals surface area contributed by atoms with Gasteiger partial charge in [0.15, 0.2) is 0 Å². The second-order valence-electron chi connectivity index (χ2n) is 4.71. The second-order valence-corrected chi connectivity index (χ2v) is 5.10. The van der Waals surface area contributed by atoms with Gasteiger partial charge < -0.3 is 10.6 Å². The molecule has 2 amide bonds. The first kappa shape index (κ1) is 13.1. The van der Waals surface area contributed by atoms with E-state index in [1.165, 1.54) is 19.0 Å². The molecule has 6 heteroatoms. The Bertz CT molecular complexity index is 405. The van der Waals surface area contributed by atoms with Crippen LogP contribution in [0.2, 0.25) is 5.15 Å².